The van der Waals surface area contributed by atoms with Gasteiger partial charge in [-0.15, -0.1) is 11.3 Å². The van der Waals surface area contributed by atoms with Gasteiger partial charge in [0.2, 0.25) is 35.4 Å². The van der Waals surface area contributed by atoms with Gasteiger partial charge in [0.15, 0.2) is 6.73 Å². The number of carboxylic acid groups (broad SMARTS) is 4. The van der Waals surface area contributed by atoms with Crippen molar-refractivity contribution in [3.63, 3.8) is 0 Å². The number of unbranched alkanes of at least 4 members (excludes halogenated alkanes) is 1. The van der Waals surface area contributed by atoms with Crippen LogP contribution in [0.5, 0.6) is 5.75 Å². The number of rotatable bonds is 50. The number of urea groups is 2. The number of esters is 1. The van der Waals surface area contributed by atoms with Gasteiger partial charge in [0.05, 0.1) is 23.9 Å². The van der Waals surface area contributed by atoms with Crippen LogP contribution in [0, 0.1) is 17.8 Å². The third-order valence-electron chi connectivity index (χ3n) is 18.6. The number of thiazole rings is 1. The number of nitrogens with one attached hydrogen (secondary N) is 11. The van der Waals surface area contributed by atoms with Crippen LogP contribution in [0.4, 0.5) is 14.4 Å². The van der Waals surface area contributed by atoms with E-state index in [-0.39, 0.29) is 113 Å². The number of likely N-dealkylation sites (N-methyl/N-ethyl adjacent to an activating group) is 1. The number of aromatic hydroxyl groups is 1. The van der Waals surface area contributed by atoms with Crippen molar-refractivity contribution in [1.82, 2.24) is 73.5 Å². The summed E-state index contributed by atoms with van der Waals surface area (Å²) < 4.78 is 10.9. The third kappa shape index (κ3) is 36.9. The zero-order valence-corrected chi connectivity index (χ0v) is 68.1. The van der Waals surface area contributed by atoms with Gasteiger partial charge < -0.3 is 87.8 Å². The van der Waals surface area contributed by atoms with Crippen LogP contribution in [-0.4, -0.2) is 230 Å². The highest BCUT2D eigenvalue weighted by molar-refractivity contribution is 8.76. The van der Waals surface area contributed by atoms with Crippen LogP contribution in [0.2, 0.25) is 0 Å². The molecular weight excluding hydrogens is 1550 g/mol. The Kier molecular flexibility index (Phi) is 43.7. The van der Waals surface area contributed by atoms with Crippen LogP contribution in [0.3, 0.4) is 0 Å². The summed E-state index contributed by atoms with van der Waals surface area (Å²) in [5, 5.41) is 72.4. The number of aliphatic carboxylic acids is 4. The van der Waals surface area contributed by atoms with E-state index in [4.69, 9.17) is 14.6 Å². The van der Waals surface area contributed by atoms with Gasteiger partial charge in [-0.3, -0.25) is 58.3 Å². The van der Waals surface area contributed by atoms with Crippen molar-refractivity contribution in [1.29, 1.82) is 0 Å². The number of hydrogen-bond acceptors (Lipinski definition) is 23. The molecule has 1 aliphatic rings. The van der Waals surface area contributed by atoms with Crippen molar-refractivity contribution in [2.45, 2.75) is 219 Å². The Hall–Kier alpha value is -10.0. The van der Waals surface area contributed by atoms with Crippen LogP contribution < -0.4 is 58.7 Å². The fourth-order valence-corrected chi connectivity index (χ4v) is 14.5. The molecule has 0 saturated carbocycles. The maximum absolute atomic E-state index is 14.9. The number of carbonyl (C=O) groups excluding carboxylic acids is 11. The van der Waals surface area contributed by atoms with Crippen LogP contribution in [-0.2, 0) is 88.0 Å². The van der Waals surface area contributed by atoms with Crippen molar-refractivity contribution in [3.05, 3.63) is 81.3 Å². The molecule has 0 bridgehead atoms. The average molecular weight is 1660 g/mol. The highest BCUT2D eigenvalue weighted by atomic mass is 33.1. The molecule has 632 valence electrons. The van der Waals surface area contributed by atoms with Gasteiger partial charge in [0.25, 0.3) is 5.91 Å². The second kappa shape index (κ2) is 51.7. The number of phenolic OH excluding ortho intramolecular Hbond substituents is 1. The fraction of sp³-hybridized carbons (Fsp3) is 0.600. The van der Waals surface area contributed by atoms with E-state index >= 15 is 0 Å². The number of likely N-dealkylation sites (tertiary alicyclic amines) is 1. The summed E-state index contributed by atoms with van der Waals surface area (Å²) in [6.45, 7) is 13.4. The molecular formula is C75H112N14O22S3. The largest absolute Gasteiger partial charge is 0.508 e. The topological polar surface area (TPSA) is 527 Å². The highest BCUT2D eigenvalue weighted by Gasteiger charge is 2.38. The van der Waals surface area contributed by atoms with E-state index in [1.807, 2.05) is 51.9 Å². The van der Waals surface area contributed by atoms with Gasteiger partial charge in [-0.25, -0.2) is 34.4 Å². The number of carbonyl (C=O) groups is 15. The van der Waals surface area contributed by atoms with Crippen molar-refractivity contribution >= 4 is 122 Å². The molecule has 1 unspecified atom stereocenters. The molecule has 36 nitrogen and oxygen atoms in total. The van der Waals surface area contributed by atoms with Crippen LogP contribution in [0.1, 0.15) is 177 Å². The Labute approximate surface area is 674 Å². The van der Waals surface area contributed by atoms with Crippen molar-refractivity contribution in [3.8, 4) is 5.75 Å². The molecule has 0 aliphatic carbocycles. The molecule has 1 aliphatic heterocycles. The number of phenols is 1. The maximum Gasteiger partial charge on any atom is 0.426 e. The Morgan fingerprint density at radius 2 is 1.32 bits per heavy atom. The highest BCUT2D eigenvalue weighted by Crippen LogP contribution is 2.26. The number of carboxylic acids is 4. The summed E-state index contributed by atoms with van der Waals surface area (Å²) in [5.74, 6) is -10.3. The first-order chi connectivity index (χ1) is 54.2. The fourth-order valence-electron chi connectivity index (χ4n) is 11.9. The minimum Gasteiger partial charge on any atom is -0.508 e. The molecule has 2 heterocycles. The zero-order valence-electron chi connectivity index (χ0n) is 65.7. The Bertz CT molecular complexity index is 3670. The van der Waals surface area contributed by atoms with E-state index in [2.05, 4.69) is 58.4 Å². The Morgan fingerprint density at radius 3 is 1.97 bits per heavy atom. The van der Waals surface area contributed by atoms with E-state index in [0.29, 0.717) is 66.2 Å². The number of hydrazine groups is 1. The number of hydrogen-bond donors (Lipinski definition) is 16. The summed E-state index contributed by atoms with van der Waals surface area (Å²) in [6, 6.07) is 3.11. The summed E-state index contributed by atoms with van der Waals surface area (Å²) >= 11 is 1.26. The lowest BCUT2D eigenvalue weighted by atomic mass is 9.93. The number of amides is 12. The van der Waals surface area contributed by atoms with Crippen molar-refractivity contribution in [2.24, 2.45) is 17.8 Å². The average Bonchev–Trinajstić information content (AvgIpc) is 1.02. The molecule has 2 aromatic carbocycles. The lowest BCUT2D eigenvalue weighted by Crippen LogP contribution is -2.58. The van der Waals surface area contributed by atoms with E-state index in [1.165, 1.54) is 52.0 Å². The van der Waals surface area contributed by atoms with Gasteiger partial charge in [-0.1, -0.05) is 119 Å². The predicted octanol–water partition coefficient (Wildman–Crippen LogP) is 4.71. The molecule has 16 N–H and O–H groups in total. The molecule has 12 amide bonds. The minimum absolute atomic E-state index is 0.0354. The monoisotopic (exact) mass is 1660 g/mol. The van der Waals surface area contributed by atoms with E-state index < -0.39 is 145 Å². The number of nitrogens with zero attached hydrogens (tertiary/aromatic N) is 3. The summed E-state index contributed by atoms with van der Waals surface area (Å²) in [4.78, 5) is 199. The maximum atomic E-state index is 14.9. The van der Waals surface area contributed by atoms with Crippen LogP contribution in [0.25, 0.3) is 0 Å². The number of aryl methyl sites for hydroxylation is 1. The van der Waals surface area contributed by atoms with E-state index in [9.17, 15) is 92.3 Å². The molecule has 114 heavy (non-hydrogen) atoms. The first kappa shape index (κ1) is 96.3. The first-order valence-corrected chi connectivity index (χ1v) is 41.4. The molecule has 3 aromatic rings. The summed E-state index contributed by atoms with van der Waals surface area (Å²) in [5.41, 5.74) is 6.57. The summed E-state index contributed by atoms with van der Waals surface area (Å²) in [7, 11) is 4.57. The predicted molar refractivity (Wildman–Crippen MR) is 423 cm³/mol. The van der Waals surface area contributed by atoms with Gasteiger partial charge in [-0.2, -0.15) is 0 Å². The number of ether oxygens (including phenoxy) is 2. The normalized spacial score (nSPS) is 15.1. The second-order valence-electron chi connectivity index (χ2n) is 28.1. The zero-order chi connectivity index (χ0) is 84.4. The smallest absolute Gasteiger partial charge is 0.426 e. The van der Waals surface area contributed by atoms with Gasteiger partial charge in [-0.05, 0) is 125 Å². The summed E-state index contributed by atoms with van der Waals surface area (Å²) in [6.07, 6.45) is 3.48. The quantitative estimate of drug-likeness (QED) is 0.0120. The van der Waals surface area contributed by atoms with E-state index in [1.54, 1.807) is 53.6 Å². The molecule has 0 spiro atoms. The third-order valence-corrected chi connectivity index (χ3v) is 21.9. The molecule has 0 radical (unpaired) electrons. The standard InChI is InChI=1S/C75H112N14O22S3/c1-9-16-63(96)111-43-89(70(102)64(45(5)10-2)85-69(101)58-18-12-11-15-33-88(58)8)57(44(3)4)28-29-60-82-56(42-112-60)68(100)80-51(38-48-23-25-52(90)26-24-48)37-46(6)65(97)86-87-75(109)110-34-36-114-113-35-32-76-66(98)47(7)79-67(99)55(40-62(94)95)81-59(91)39-49-19-21-50(22-20-49)41-78-73(107)77-31-14-13-17-53(71(103)104)83-74(108)84-54(72(105)106)27-30-61(92)93/h19-26,42,44-47,51,53-55,57-58,64,90H,9-18,27-41,43H2,1-8H3,(H,76,98)(H,79,99)(H,80,100)(H,81,91)(H,85,101)(H,86,97)(H,87,109)(H,92,93)(H,94,95)(H,103,104)(H,105,106)(H2,77,78,107)(H2,83,84,108)/t45?,46-,47-,51+,53-,54-,55-,57+,58+,64-/m0/s1. The number of aromatic nitrogens is 1. The number of benzene rings is 2. The minimum atomic E-state index is -1.56. The molecule has 10 atom stereocenters. The first-order valence-electron chi connectivity index (χ1n) is 38.1. The lowest BCUT2D eigenvalue weighted by Gasteiger charge is -2.38. The van der Waals surface area contributed by atoms with E-state index in [0.717, 1.165) is 31.4 Å². The molecule has 4 rings (SSSR count). The van der Waals surface area contributed by atoms with Gasteiger partial charge in [0.1, 0.15) is 48.3 Å². The lowest BCUT2D eigenvalue weighted by molar-refractivity contribution is -0.159. The van der Waals surface area contributed by atoms with Crippen LogP contribution in [0.15, 0.2) is 53.9 Å². The second-order valence-corrected chi connectivity index (χ2v) is 31.8. The Balaban J connectivity index is 1.17. The molecule has 1 saturated heterocycles. The molecule has 39 heteroatoms. The molecule has 1 fully saturated rings. The van der Waals surface area contributed by atoms with Gasteiger partial charge >= 0.3 is 48.0 Å². The Morgan fingerprint density at radius 1 is 0.658 bits per heavy atom. The van der Waals surface area contributed by atoms with Crippen LogP contribution >= 0.6 is 32.9 Å². The van der Waals surface area contributed by atoms with Crippen molar-refractivity contribution in [2.75, 3.05) is 51.5 Å². The van der Waals surface area contributed by atoms with Crippen molar-refractivity contribution < 1.29 is 107 Å². The molecule has 1 aromatic heterocycles. The van der Waals surface area contributed by atoms with Gasteiger partial charge in [0, 0.05) is 73.8 Å². The SMILES string of the molecule is CCCC(=O)OCN(C(=O)[C@@H](NC(=O)[C@H]1CCCCCN1C)C(C)CC)[C@H](CCc1nc(C(=O)N[C@@H](Cc2ccc(O)cc2)C[C@H](C)C(=O)NNC(=O)OCCSSCCNC(=O)[C@H](C)NC(=O)[C@H](CC(=O)O)NC(=O)Cc2ccc(CNC(=O)NCCCC[C@H](NC(=O)N[C@@H](CCC(=O)O)C(=O)O)C(=O)O)cc2)cs1)C(C)C.